The van der Waals surface area contributed by atoms with Crippen LogP contribution in [0.4, 0.5) is 0 Å². The minimum Gasteiger partial charge on any atom is -0.302 e. The van der Waals surface area contributed by atoms with Gasteiger partial charge in [-0.05, 0) is 49.5 Å². The molecule has 2 rings (SSSR count). The number of Topliss-reactive ketones (excluding diaryl/α,β-unsaturated/α-hetero) is 1. The summed E-state index contributed by atoms with van der Waals surface area (Å²) in [6.07, 6.45) is 3.75. The van der Waals surface area contributed by atoms with E-state index in [1.165, 1.54) is 25.8 Å². The smallest absolute Gasteiger partial charge is 0.134 e. The van der Waals surface area contributed by atoms with Gasteiger partial charge in [0.1, 0.15) is 5.78 Å². The van der Waals surface area contributed by atoms with Crippen molar-refractivity contribution in [2.75, 3.05) is 13.6 Å². The van der Waals surface area contributed by atoms with Crippen LogP contribution in [0.2, 0.25) is 0 Å². The van der Waals surface area contributed by atoms with Gasteiger partial charge in [0.2, 0.25) is 0 Å². The first-order valence-electron chi connectivity index (χ1n) is 10.9. The summed E-state index contributed by atoms with van der Waals surface area (Å²) < 4.78 is 0. The van der Waals surface area contributed by atoms with Crippen LogP contribution in [0, 0.1) is 22.2 Å². The zero-order chi connectivity index (χ0) is 20.6. The lowest BCUT2D eigenvalue weighted by atomic mass is 9.84. The molecule has 2 nitrogen and oxygen atoms in total. The maximum Gasteiger partial charge on any atom is 0.134 e. The van der Waals surface area contributed by atoms with Crippen LogP contribution < -0.4 is 0 Å². The molecule has 1 saturated heterocycles. The summed E-state index contributed by atoms with van der Waals surface area (Å²) in [6, 6.07) is 0.441. The first-order chi connectivity index (χ1) is 11.7. The summed E-state index contributed by atoms with van der Waals surface area (Å²) in [7, 11) is 2.21. The first kappa shape index (κ1) is 26.9. The summed E-state index contributed by atoms with van der Waals surface area (Å²) in [5, 5.41) is 0. The van der Waals surface area contributed by atoms with Crippen molar-refractivity contribution in [1.82, 2.24) is 4.90 Å². The molecule has 0 aromatic rings. The van der Waals surface area contributed by atoms with E-state index in [2.05, 4.69) is 46.6 Å². The van der Waals surface area contributed by atoms with Gasteiger partial charge in [0, 0.05) is 18.5 Å². The Labute approximate surface area is 160 Å². The highest BCUT2D eigenvalue weighted by molar-refractivity contribution is 5.78. The Morgan fingerprint density at radius 1 is 1.04 bits per heavy atom. The van der Waals surface area contributed by atoms with Crippen LogP contribution >= 0.6 is 0 Å². The Bertz CT molecular complexity index is 384. The van der Waals surface area contributed by atoms with Gasteiger partial charge in [-0.25, -0.2) is 0 Å². The van der Waals surface area contributed by atoms with Gasteiger partial charge in [0.25, 0.3) is 0 Å². The average molecular weight is 356 g/mol. The van der Waals surface area contributed by atoms with Crippen molar-refractivity contribution in [3.05, 3.63) is 0 Å². The molecule has 1 aliphatic carbocycles. The highest BCUT2D eigenvalue weighted by Crippen LogP contribution is 2.84. The van der Waals surface area contributed by atoms with Crippen LogP contribution in [0.1, 0.15) is 102 Å². The largest absolute Gasteiger partial charge is 0.302 e. The molecule has 0 aromatic heterocycles. The van der Waals surface area contributed by atoms with Crippen molar-refractivity contribution >= 4 is 5.78 Å². The molecule has 1 heterocycles. The second-order valence-corrected chi connectivity index (χ2v) is 7.58. The average Bonchev–Trinajstić information content (AvgIpc) is 2.87. The molecule has 0 bridgehead atoms. The molecule has 2 fully saturated rings. The monoisotopic (exact) mass is 355 g/mol. The predicted octanol–water partition coefficient (Wildman–Crippen LogP) is 6.83. The van der Waals surface area contributed by atoms with Crippen LogP contribution in [-0.2, 0) is 4.79 Å². The van der Waals surface area contributed by atoms with Crippen molar-refractivity contribution in [3.8, 4) is 0 Å². The molecular weight excluding hydrogens is 306 g/mol. The van der Waals surface area contributed by atoms with E-state index in [-0.39, 0.29) is 5.92 Å². The Balaban J connectivity index is 0. The van der Waals surface area contributed by atoms with Crippen molar-refractivity contribution in [3.63, 3.8) is 0 Å². The number of hydrogen-bond donors (Lipinski definition) is 0. The summed E-state index contributed by atoms with van der Waals surface area (Å²) in [5.74, 6) is 0.512. The molecule has 1 saturated carbocycles. The fraction of sp³-hybridized carbons (Fsp3) is 0.957. The minimum atomic E-state index is 0.173. The van der Waals surface area contributed by atoms with E-state index in [1.54, 1.807) is 6.92 Å². The molecule has 0 radical (unpaired) electrons. The molecule has 152 valence electrons. The molecule has 1 aliphatic heterocycles. The van der Waals surface area contributed by atoms with Gasteiger partial charge in [-0.15, -0.1) is 0 Å². The molecule has 25 heavy (non-hydrogen) atoms. The predicted molar refractivity (Wildman–Crippen MR) is 114 cm³/mol. The standard InChI is InChI=1S/C17H31NO.3C2H6/c1-8-16(9-2)15(5,6)17(16)10-14(18(7)11-17)12(3)13(4)19;3*1-2/h12,14H,8-11H2,1-7H3;3*1-2H3/t12-,14?,17?;;;/m1.../s1. The highest BCUT2D eigenvalue weighted by Gasteiger charge is 2.81. The zero-order valence-electron chi connectivity index (χ0n) is 19.8. The molecule has 0 N–H and O–H groups in total. The molecule has 2 unspecified atom stereocenters. The van der Waals surface area contributed by atoms with Crippen LogP contribution in [0.3, 0.4) is 0 Å². The SMILES string of the molecule is CC.CC.CC.CCC1(CC)C(C)(C)C12CC([C@H](C)C(C)=O)N(C)C2. The Kier molecular flexibility index (Phi) is 11.5. The lowest BCUT2D eigenvalue weighted by Gasteiger charge is -2.23. The van der Waals surface area contributed by atoms with Gasteiger partial charge in [-0.1, -0.05) is 76.2 Å². The van der Waals surface area contributed by atoms with Crippen molar-refractivity contribution in [2.24, 2.45) is 22.2 Å². The molecule has 0 amide bonds. The maximum atomic E-state index is 11.7. The molecule has 3 atom stereocenters. The Hall–Kier alpha value is -0.370. The van der Waals surface area contributed by atoms with Crippen LogP contribution in [0.25, 0.3) is 0 Å². The maximum absolute atomic E-state index is 11.7. The normalized spacial score (nSPS) is 29.2. The number of nitrogens with zero attached hydrogens (tertiary/aromatic N) is 1. The number of rotatable bonds is 4. The second-order valence-electron chi connectivity index (χ2n) is 7.58. The molecule has 0 aromatic carbocycles. The van der Waals surface area contributed by atoms with Crippen LogP contribution in [0.15, 0.2) is 0 Å². The summed E-state index contributed by atoms with van der Waals surface area (Å²) in [6.45, 7) is 26.6. The van der Waals surface area contributed by atoms with Gasteiger partial charge in [-0.3, -0.25) is 4.79 Å². The van der Waals surface area contributed by atoms with E-state index < -0.39 is 0 Å². The molecule has 2 aliphatic rings. The fourth-order valence-corrected chi connectivity index (χ4v) is 5.82. The summed E-state index contributed by atoms with van der Waals surface area (Å²) in [5.41, 5.74) is 1.34. The lowest BCUT2D eigenvalue weighted by Crippen LogP contribution is -2.34. The number of carbonyl (C=O) groups is 1. The topological polar surface area (TPSA) is 20.3 Å². The third-order valence-electron chi connectivity index (χ3n) is 7.31. The van der Waals surface area contributed by atoms with Crippen molar-refractivity contribution in [2.45, 2.75) is 108 Å². The van der Waals surface area contributed by atoms with E-state index in [0.717, 1.165) is 0 Å². The quantitative estimate of drug-likeness (QED) is 0.551. The highest BCUT2D eigenvalue weighted by atomic mass is 16.1. The lowest BCUT2D eigenvalue weighted by molar-refractivity contribution is -0.121. The van der Waals surface area contributed by atoms with Crippen LogP contribution in [-0.4, -0.2) is 30.3 Å². The Morgan fingerprint density at radius 2 is 1.44 bits per heavy atom. The fourth-order valence-electron chi connectivity index (χ4n) is 5.82. The minimum absolute atomic E-state index is 0.173. The Morgan fingerprint density at radius 3 is 1.72 bits per heavy atom. The van der Waals surface area contributed by atoms with Gasteiger partial charge >= 0.3 is 0 Å². The number of likely N-dealkylation sites (tertiary alicyclic amines) is 1. The summed E-state index contributed by atoms with van der Waals surface area (Å²) in [4.78, 5) is 14.2. The van der Waals surface area contributed by atoms with E-state index in [1.807, 2.05) is 41.5 Å². The first-order valence-corrected chi connectivity index (χ1v) is 10.9. The molecule has 1 spiro atoms. The van der Waals surface area contributed by atoms with Crippen LogP contribution in [0.5, 0.6) is 0 Å². The van der Waals surface area contributed by atoms with Gasteiger partial charge < -0.3 is 4.90 Å². The third-order valence-corrected chi connectivity index (χ3v) is 7.31. The van der Waals surface area contributed by atoms with E-state index in [0.29, 0.717) is 28.1 Å². The summed E-state index contributed by atoms with van der Waals surface area (Å²) >= 11 is 0. The molecular formula is C23H49NO. The zero-order valence-corrected chi connectivity index (χ0v) is 19.8. The van der Waals surface area contributed by atoms with E-state index in [4.69, 9.17) is 0 Å². The van der Waals surface area contributed by atoms with Gasteiger partial charge in [-0.2, -0.15) is 0 Å². The van der Waals surface area contributed by atoms with Gasteiger partial charge in [0.15, 0.2) is 0 Å². The second kappa shape index (κ2) is 10.7. The van der Waals surface area contributed by atoms with Gasteiger partial charge in [0.05, 0.1) is 0 Å². The van der Waals surface area contributed by atoms with Crippen molar-refractivity contribution < 1.29 is 4.79 Å². The van der Waals surface area contributed by atoms with E-state index in [9.17, 15) is 4.79 Å². The molecule has 2 heteroatoms. The van der Waals surface area contributed by atoms with E-state index >= 15 is 0 Å². The number of ketones is 1. The number of hydrogen-bond acceptors (Lipinski definition) is 2. The third kappa shape index (κ3) is 3.99. The van der Waals surface area contributed by atoms with Crippen molar-refractivity contribution in [1.29, 1.82) is 0 Å². The number of carbonyl (C=O) groups excluding carboxylic acids is 1.